The minimum Gasteiger partial charge on any atom is -0.348 e. The van der Waals surface area contributed by atoms with Crippen molar-refractivity contribution >= 4 is 30.1 Å². The van der Waals surface area contributed by atoms with Crippen LogP contribution < -0.4 is 5.32 Å². The smallest absolute Gasteiger partial charge is 0.251 e. The lowest BCUT2D eigenvalue weighted by Gasteiger charge is -2.06. The molecule has 0 atom stereocenters. The molecule has 0 aliphatic carbocycles. The molecule has 0 saturated carbocycles. The minimum atomic E-state index is -0.449. The standard InChI is InChI=1S/C14H11ClFNOS/c15-11-3-1-2-9(6-11)8-17-14(18)10-4-5-12(16)13(19)7-10/h1-7,19H,8H2,(H,17,18). The number of amides is 1. The van der Waals surface area contributed by atoms with Crippen molar-refractivity contribution in [1.82, 2.24) is 5.32 Å². The summed E-state index contributed by atoms with van der Waals surface area (Å²) in [4.78, 5) is 12.0. The average molecular weight is 296 g/mol. The van der Waals surface area contributed by atoms with Gasteiger partial charge in [-0.3, -0.25) is 4.79 Å². The molecule has 2 rings (SSSR count). The minimum absolute atomic E-state index is 0.149. The van der Waals surface area contributed by atoms with Crippen molar-refractivity contribution in [2.75, 3.05) is 0 Å². The fourth-order valence-corrected chi connectivity index (χ4v) is 2.01. The molecule has 0 aromatic heterocycles. The zero-order chi connectivity index (χ0) is 13.8. The van der Waals surface area contributed by atoms with Gasteiger partial charge in [-0.25, -0.2) is 4.39 Å². The summed E-state index contributed by atoms with van der Waals surface area (Å²) in [6.07, 6.45) is 0. The number of rotatable bonds is 3. The molecule has 0 unspecified atom stereocenters. The Bertz CT molecular complexity index is 618. The summed E-state index contributed by atoms with van der Waals surface area (Å²) in [6, 6.07) is 11.2. The first-order valence-corrected chi connectivity index (χ1v) is 6.40. The van der Waals surface area contributed by atoms with Crippen LogP contribution in [0.5, 0.6) is 0 Å². The molecule has 0 saturated heterocycles. The normalized spacial score (nSPS) is 10.3. The zero-order valence-corrected chi connectivity index (χ0v) is 11.5. The Morgan fingerprint density at radius 1 is 1.26 bits per heavy atom. The lowest BCUT2D eigenvalue weighted by Crippen LogP contribution is -2.22. The first-order chi connectivity index (χ1) is 9.06. The first kappa shape index (κ1) is 13.9. The van der Waals surface area contributed by atoms with Crippen molar-refractivity contribution in [2.24, 2.45) is 0 Å². The molecule has 0 aliphatic heterocycles. The van der Waals surface area contributed by atoms with Crippen LogP contribution in [-0.2, 0) is 6.54 Å². The second kappa shape index (κ2) is 6.08. The summed E-state index contributed by atoms with van der Waals surface area (Å²) >= 11 is 9.79. The van der Waals surface area contributed by atoms with Gasteiger partial charge in [-0.05, 0) is 35.9 Å². The Kier molecular flexibility index (Phi) is 4.45. The molecule has 0 heterocycles. The molecule has 0 radical (unpaired) electrons. The van der Waals surface area contributed by atoms with Gasteiger partial charge in [0.15, 0.2) is 0 Å². The number of carbonyl (C=O) groups excluding carboxylic acids is 1. The summed E-state index contributed by atoms with van der Waals surface area (Å²) in [7, 11) is 0. The van der Waals surface area contributed by atoms with Gasteiger partial charge in [0.2, 0.25) is 0 Å². The summed E-state index contributed by atoms with van der Waals surface area (Å²) in [5, 5.41) is 3.35. The van der Waals surface area contributed by atoms with Crippen molar-refractivity contribution in [3.63, 3.8) is 0 Å². The van der Waals surface area contributed by atoms with E-state index >= 15 is 0 Å². The molecule has 0 spiro atoms. The number of carbonyl (C=O) groups is 1. The van der Waals surface area contributed by atoms with Crippen molar-refractivity contribution in [3.05, 3.63) is 64.4 Å². The Balaban J connectivity index is 2.03. The number of hydrogen-bond donors (Lipinski definition) is 2. The lowest BCUT2D eigenvalue weighted by molar-refractivity contribution is 0.0950. The maximum atomic E-state index is 13.0. The SMILES string of the molecule is O=C(NCc1cccc(Cl)c1)c1ccc(F)c(S)c1. The van der Waals surface area contributed by atoms with E-state index in [1.54, 1.807) is 12.1 Å². The molecule has 1 amide bonds. The Morgan fingerprint density at radius 3 is 2.74 bits per heavy atom. The molecule has 19 heavy (non-hydrogen) atoms. The molecule has 2 aromatic rings. The van der Waals surface area contributed by atoms with Gasteiger partial charge in [-0.2, -0.15) is 0 Å². The van der Waals surface area contributed by atoms with E-state index < -0.39 is 5.82 Å². The van der Waals surface area contributed by atoms with E-state index in [1.807, 2.05) is 12.1 Å². The van der Waals surface area contributed by atoms with Gasteiger partial charge >= 0.3 is 0 Å². The number of thiol groups is 1. The van der Waals surface area contributed by atoms with Crippen LogP contribution in [0.2, 0.25) is 5.02 Å². The average Bonchev–Trinajstić information content (AvgIpc) is 2.39. The summed E-state index contributed by atoms with van der Waals surface area (Å²) in [6.45, 7) is 0.360. The van der Waals surface area contributed by atoms with E-state index in [2.05, 4.69) is 17.9 Å². The molecule has 2 nitrogen and oxygen atoms in total. The molecule has 1 N–H and O–H groups in total. The van der Waals surface area contributed by atoms with Crippen LogP contribution in [0.25, 0.3) is 0 Å². The van der Waals surface area contributed by atoms with E-state index in [4.69, 9.17) is 11.6 Å². The van der Waals surface area contributed by atoms with Crippen LogP contribution in [0.4, 0.5) is 4.39 Å². The number of nitrogens with one attached hydrogen (secondary N) is 1. The third kappa shape index (κ3) is 3.72. The van der Waals surface area contributed by atoms with E-state index in [0.29, 0.717) is 17.1 Å². The predicted octanol–water partition coefficient (Wildman–Crippen LogP) is 3.70. The first-order valence-electron chi connectivity index (χ1n) is 5.57. The maximum absolute atomic E-state index is 13.0. The lowest BCUT2D eigenvalue weighted by atomic mass is 10.2. The molecule has 5 heteroatoms. The van der Waals surface area contributed by atoms with Crippen LogP contribution in [0.3, 0.4) is 0 Å². The Hall–Kier alpha value is -1.52. The highest BCUT2D eigenvalue weighted by Gasteiger charge is 2.07. The number of benzene rings is 2. The van der Waals surface area contributed by atoms with Gasteiger partial charge in [-0.1, -0.05) is 23.7 Å². The van der Waals surface area contributed by atoms with Gasteiger partial charge in [0, 0.05) is 22.0 Å². The third-order valence-corrected chi connectivity index (χ3v) is 3.13. The van der Waals surface area contributed by atoms with Crippen LogP contribution in [0.15, 0.2) is 47.4 Å². The highest BCUT2D eigenvalue weighted by atomic mass is 35.5. The third-order valence-electron chi connectivity index (χ3n) is 2.55. The molecule has 0 fully saturated rings. The topological polar surface area (TPSA) is 29.1 Å². The Morgan fingerprint density at radius 2 is 2.05 bits per heavy atom. The predicted molar refractivity (Wildman–Crippen MR) is 76.3 cm³/mol. The monoisotopic (exact) mass is 295 g/mol. The molecule has 0 aliphatic rings. The van der Waals surface area contributed by atoms with Gasteiger partial charge in [0.1, 0.15) is 5.82 Å². The fourth-order valence-electron chi connectivity index (χ4n) is 1.59. The summed E-state index contributed by atoms with van der Waals surface area (Å²) < 4.78 is 13.0. The zero-order valence-electron chi connectivity index (χ0n) is 9.86. The van der Waals surface area contributed by atoms with E-state index in [9.17, 15) is 9.18 Å². The highest BCUT2D eigenvalue weighted by molar-refractivity contribution is 7.80. The van der Waals surface area contributed by atoms with Crippen molar-refractivity contribution in [2.45, 2.75) is 11.4 Å². The summed E-state index contributed by atoms with van der Waals surface area (Å²) in [5.41, 5.74) is 1.27. The van der Waals surface area contributed by atoms with Crippen molar-refractivity contribution in [3.8, 4) is 0 Å². The van der Waals surface area contributed by atoms with Crippen molar-refractivity contribution < 1.29 is 9.18 Å². The van der Waals surface area contributed by atoms with E-state index in [1.165, 1.54) is 18.2 Å². The van der Waals surface area contributed by atoms with Crippen LogP contribution >= 0.6 is 24.2 Å². The van der Waals surface area contributed by atoms with Gasteiger partial charge in [-0.15, -0.1) is 12.6 Å². The maximum Gasteiger partial charge on any atom is 0.251 e. The van der Waals surface area contributed by atoms with E-state index in [-0.39, 0.29) is 10.8 Å². The van der Waals surface area contributed by atoms with Gasteiger partial charge in [0.05, 0.1) is 0 Å². The van der Waals surface area contributed by atoms with Gasteiger partial charge in [0.25, 0.3) is 5.91 Å². The van der Waals surface area contributed by atoms with Crippen LogP contribution in [-0.4, -0.2) is 5.91 Å². The summed E-state index contributed by atoms with van der Waals surface area (Å²) in [5.74, 6) is -0.731. The molecule has 0 bridgehead atoms. The van der Waals surface area contributed by atoms with E-state index in [0.717, 1.165) is 5.56 Å². The molecular weight excluding hydrogens is 285 g/mol. The quantitative estimate of drug-likeness (QED) is 0.831. The second-order valence-corrected chi connectivity index (χ2v) is 4.90. The number of hydrogen-bond acceptors (Lipinski definition) is 2. The Labute approximate surface area is 121 Å². The fraction of sp³-hybridized carbons (Fsp3) is 0.0714. The number of halogens is 2. The second-order valence-electron chi connectivity index (χ2n) is 3.98. The largest absolute Gasteiger partial charge is 0.348 e. The molecule has 98 valence electrons. The van der Waals surface area contributed by atoms with Crippen LogP contribution in [0.1, 0.15) is 15.9 Å². The van der Waals surface area contributed by atoms with Crippen molar-refractivity contribution in [1.29, 1.82) is 0 Å². The van der Waals surface area contributed by atoms with Crippen LogP contribution in [0, 0.1) is 5.82 Å². The molecular formula is C14H11ClFNOS. The highest BCUT2D eigenvalue weighted by Crippen LogP contribution is 2.14. The molecule has 2 aromatic carbocycles. The van der Waals surface area contributed by atoms with Gasteiger partial charge < -0.3 is 5.32 Å².